The maximum absolute atomic E-state index is 11.5. The largest absolute Gasteiger partial charge is 0.508 e. The van der Waals surface area contributed by atoms with E-state index in [1.54, 1.807) is 24.3 Å². The molecule has 2 amide bonds. The fourth-order valence-electron chi connectivity index (χ4n) is 1.65. The van der Waals surface area contributed by atoms with Crippen molar-refractivity contribution < 1.29 is 14.7 Å². The number of phenolic OH excluding ortho intramolecular Hbond substituents is 1. The highest BCUT2D eigenvalue weighted by atomic mass is 32.2. The first-order chi connectivity index (χ1) is 7.58. The lowest BCUT2D eigenvalue weighted by atomic mass is 9.97. The molecular weight excluding hydrogens is 226 g/mol. The highest BCUT2D eigenvalue weighted by Crippen LogP contribution is 2.32. The number of hydrogen-bond acceptors (Lipinski definition) is 4. The van der Waals surface area contributed by atoms with E-state index in [1.807, 2.05) is 6.92 Å². The number of thioether (sulfide) groups is 1. The number of carbonyl (C=O) groups excluding carboxylic acids is 2. The van der Waals surface area contributed by atoms with Crippen LogP contribution in [0.1, 0.15) is 18.4 Å². The van der Waals surface area contributed by atoms with Crippen LogP contribution in [0.2, 0.25) is 0 Å². The van der Waals surface area contributed by atoms with Gasteiger partial charge in [0, 0.05) is 5.92 Å². The molecule has 0 spiro atoms. The van der Waals surface area contributed by atoms with Crippen molar-refractivity contribution in [3.05, 3.63) is 29.8 Å². The van der Waals surface area contributed by atoms with Gasteiger partial charge in [0.05, 0.1) is 5.25 Å². The molecule has 1 aliphatic rings. The molecule has 0 radical (unpaired) electrons. The van der Waals surface area contributed by atoms with Crippen LogP contribution < -0.4 is 5.32 Å². The van der Waals surface area contributed by atoms with Crippen LogP contribution in [0.25, 0.3) is 0 Å². The summed E-state index contributed by atoms with van der Waals surface area (Å²) >= 11 is 1.02. The molecule has 1 aliphatic heterocycles. The van der Waals surface area contributed by atoms with Gasteiger partial charge in [0.1, 0.15) is 5.75 Å². The lowest BCUT2D eigenvalue weighted by Gasteiger charge is -2.15. The van der Waals surface area contributed by atoms with E-state index in [0.29, 0.717) is 0 Å². The number of phenols is 1. The Morgan fingerprint density at radius 1 is 1.31 bits per heavy atom. The van der Waals surface area contributed by atoms with E-state index >= 15 is 0 Å². The second-order valence-electron chi connectivity index (χ2n) is 3.70. The van der Waals surface area contributed by atoms with E-state index in [0.717, 1.165) is 17.3 Å². The predicted molar refractivity (Wildman–Crippen MR) is 61.4 cm³/mol. The van der Waals surface area contributed by atoms with Crippen molar-refractivity contribution in [2.45, 2.75) is 18.1 Å². The molecule has 0 saturated carbocycles. The molecular formula is C11H11NO3S. The summed E-state index contributed by atoms with van der Waals surface area (Å²) in [6.45, 7) is 1.89. The van der Waals surface area contributed by atoms with E-state index in [2.05, 4.69) is 5.32 Å². The van der Waals surface area contributed by atoms with Crippen LogP contribution in [0.3, 0.4) is 0 Å². The summed E-state index contributed by atoms with van der Waals surface area (Å²) in [5, 5.41) is 10.8. The Morgan fingerprint density at radius 3 is 2.44 bits per heavy atom. The van der Waals surface area contributed by atoms with Crippen LogP contribution >= 0.6 is 11.8 Å². The Bertz CT molecular complexity index is 429. The van der Waals surface area contributed by atoms with E-state index in [4.69, 9.17) is 5.11 Å². The van der Waals surface area contributed by atoms with Gasteiger partial charge in [-0.1, -0.05) is 30.8 Å². The Balaban J connectivity index is 2.19. The monoisotopic (exact) mass is 237 g/mol. The Labute approximate surface area is 97.0 Å². The topological polar surface area (TPSA) is 66.4 Å². The molecule has 0 aliphatic carbocycles. The van der Waals surface area contributed by atoms with Gasteiger partial charge in [-0.3, -0.25) is 14.9 Å². The van der Waals surface area contributed by atoms with Gasteiger partial charge in [0.2, 0.25) is 5.91 Å². The standard InChI is InChI=1S/C11H11NO3S/c1-6(7-2-4-8(13)5-3-7)9-10(14)12-11(15)16-9/h2-6,9,13H,1H3,(H,12,14,15). The van der Waals surface area contributed by atoms with Crippen LogP contribution in [-0.2, 0) is 4.79 Å². The summed E-state index contributed by atoms with van der Waals surface area (Å²) in [5.74, 6) is -0.108. The highest BCUT2D eigenvalue weighted by molar-refractivity contribution is 8.15. The van der Waals surface area contributed by atoms with Crippen molar-refractivity contribution in [3.8, 4) is 5.75 Å². The van der Waals surface area contributed by atoms with Gasteiger partial charge in [-0.25, -0.2) is 0 Å². The molecule has 1 aromatic carbocycles. The zero-order valence-electron chi connectivity index (χ0n) is 8.64. The van der Waals surface area contributed by atoms with Crippen LogP contribution in [0.15, 0.2) is 24.3 Å². The maximum atomic E-state index is 11.5. The molecule has 4 nitrogen and oxygen atoms in total. The van der Waals surface area contributed by atoms with Gasteiger partial charge in [0.15, 0.2) is 0 Å². The van der Waals surface area contributed by atoms with Crippen molar-refractivity contribution in [2.24, 2.45) is 0 Å². The number of aromatic hydroxyl groups is 1. The molecule has 2 rings (SSSR count). The van der Waals surface area contributed by atoms with E-state index in [-0.39, 0.29) is 28.1 Å². The average molecular weight is 237 g/mol. The van der Waals surface area contributed by atoms with Crippen LogP contribution in [0, 0.1) is 0 Å². The fourth-order valence-corrected chi connectivity index (χ4v) is 2.57. The molecule has 2 unspecified atom stereocenters. The summed E-state index contributed by atoms with van der Waals surface area (Å²) in [5.41, 5.74) is 0.931. The molecule has 2 N–H and O–H groups in total. The number of rotatable bonds is 2. The van der Waals surface area contributed by atoms with Crippen molar-refractivity contribution in [1.29, 1.82) is 0 Å². The van der Waals surface area contributed by atoms with Gasteiger partial charge < -0.3 is 5.11 Å². The number of carbonyl (C=O) groups is 2. The van der Waals surface area contributed by atoms with Gasteiger partial charge in [-0.05, 0) is 17.7 Å². The third-order valence-corrected chi connectivity index (χ3v) is 3.78. The van der Waals surface area contributed by atoms with E-state index in [1.165, 1.54) is 0 Å². The summed E-state index contributed by atoms with van der Waals surface area (Å²) in [6.07, 6.45) is 0. The minimum Gasteiger partial charge on any atom is -0.508 e. The minimum absolute atomic E-state index is 0.0583. The molecule has 5 heteroatoms. The fraction of sp³-hybridized carbons (Fsp3) is 0.273. The van der Waals surface area contributed by atoms with Crippen LogP contribution in [0.4, 0.5) is 4.79 Å². The molecule has 1 heterocycles. The molecule has 84 valence electrons. The summed E-state index contributed by atoms with van der Waals surface area (Å²) in [7, 11) is 0. The SMILES string of the molecule is CC(c1ccc(O)cc1)C1SC(=O)NC1=O. The molecule has 16 heavy (non-hydrogen) atoms. The van der Waals surface area contributed by atoms with Gasteiger partial charge in [-0.15, -0.1) is 0 Å². The zero-order valence-corrected chi connectivity index (χ0v) is 9.45. The predicted octanol–water partition coefficient (Wildman–Crippen LogP) is 1.85. The molecule has 1 saturated heterocycles. The third-order valence-electron chi connectivity index (χ3n) is 2.59. The summed E-state index contributed by atoms with van der Waals surface area (Å²) < 4.78 is 0. The second kappa shape index (κ2) is 4.17. The summed E-state index contributed by atoms with van der Waals surface area (Å²) in [6, 6.07) is 6.67. The van der Waals surface area contributed by atoms with Crippen molar-refractivity contribution >= 4 is 22.9 Å². The maximum Gasteiger partial charge on any atom is 0.286 e. The first-order valence-electron chi connectivity index (χ1n) is 4.88. The smallest absolute Gasteiger partial charge is 0.286 e. The van der Waals surface area contributed by atoms with Crippen molar-refractivity contribution in [3.63, 3.8) is 0 Å². The van der Waals surface area contributed by atoms with Gasteiger partial charge in [-0.2, -0.15) is 0 Å². The molecule has 0 bridgehead atoms. The molecule has 1 aromatic rings. The van der Waals surface area contributed by atoms with Crippen LogP contribution in [0.5, 0.6) is 5.75 Å². The Morgan fingerprint density at radius 2 is 1.94 bits per heavy atom. The number of nitrogens with one attached hydrogen (secondary N) is 1. The van der Waals surface area contributed by atoms with E-state index < -0.39 is 0 Å². The molecule has 0 aromatic heterocycles. The van der Waals surface area contributed by atoms with Crippen molar-refractivity contribution in [1.82, 2.24) is 5.32 Å². The third kappa shape index (κ3) is 2.04. The average Bonchev–Trinajstić information content (AvgIpc) is 2.58. The lowest BCUT2D eigenvalue weighted by Crippen LogP contribution is -2.27. The molecule has 2 atom stereocenters. The quantitative estimate of drug-likeness (QED) is 0.823. The minimum atomic E-state index is -0.378. The van der Waals surface area contributed by atoms with Gasteiger partial charge in [0.25, 0.3) is 5.24 Å². The number of amides is 2. The normalized spacial score (nSPS) is 21.9. The number of hydrogen-bond donors (Lipinski definition) is 2. The van der Waals surface area contributed by atoms with Crippen molar-refractivity contribution in [2.75, 3.05) is 0 Å². The Kier molecular flexibility index (Phi) is 2.87. The molecule has 1 fully saturated rings. The summed E-state index contributed by atoms with van der Waals surface area (Å²) in [4.78, 5) is 22.5. The van der Waals surface area contributed by atoms with Crippen LogP contribution in [-0.4, -0.2) is 21.5 Å². The first-order valence-corrected chi connectivity index (χ1v) is 5.76. The zero-order chi connectivity index (χ0) is 11.7. The Hall–Kier alpha value is -1.49. The highest BCUT2D eigenvalue weighted by Gasteiger charge is 2.36. The van der Waals surface area contributed by atoms with Gasteiger partial charge >= 0.3 is 0 Å². The number of imide groups is 1. The lowest BCUT2D eigenvalue weighted by molar-refractivity contribution is -0.119. The second-order valence-corrected chi connectivity index (χ2v) is 4.81. The number of benzene rings is 1. The van der Waals surface area contributed by atoms with E-state index in [9.17, 15) is 9.59 Å². The first kappa shape index (κ1) is 11.0.